The number of rotatable bonds is 5. The summed E-state index contributed by atoms with van der Waals surface area (Å²) in [6, 6.07) is 13.1. The van der Waals surface area contributed by atoms with Gasteiger partial charge in [0.15, 0.2) is 0 Å². The normalized spacial score (nSPS) is 11.2. The van der Waals surface area contributed by atoms with Crippen LogP contribution in [0.5, 0.6) is 0 Å². The molecule has 0 aliphatic carbocycles. The average molecular weight is 380 g/mol. The van der Waals surface area contributed by atoms with Crippen LogP contribution in [0.25, 0.3) is 10.2 Å². The van der Waals surface area contributed by atoms with Gasteiger partial charge in [-0.25, -0.2) is 4.98 Å². The number of carbonyl (C=O) groups excluding carboxylic acids is 1. The Morgan fingerprint density at radius 3 is 2.58 bits per heavy atom. The van der Waals surface area contributed by atoms with Crippen LogP contribution in [0.15, 0.2) is 42.5 Å². The van der Waals surface area contributed by atoms with Crippen LogP contribution in [-0.2, 0) is 11.3 Å². The van der Waals surface area contributed by atoms with Gasteiger partial charge >= 0.3 is 0 Å². The summed E-state index contributed by atoms with van der Waals surface area (Å²) < 4.78 is 1.15. The van der Waals surface area contributed by atoms with Crippen LogP contribution in [0.4, 0.5) is 5.69 Å². The molecule has 0 saturated heterocycles. The predicted octanol–water partition coefficient (Wildman–Crippen LogP) is 4.67. The molecule has 1 heterocycles. The Balaban J connectivity index is 1.62. The molecule has 1 N–H and O–H groups in total. The Bertz CT molecular complexity index is 828. The summed E-state index contributed by atoms with van der Waals surface area (Å²) >= 11 is 13.8. The fourth-order valence-electron chi connectivity index (χ4n) is 2.32. The Hall–Kier alpha value is -1.66. The molecular formula is C17H15Cl2N3OS. The van der Waals surface area contributed by atoms with Crippen LogP contribution in [-0.4, -0.2) is 29.4 Å². The lowest BCUT2D eigenvalue weighted by Gasteiger charge is -2.15. The third-order valence-electron chi connectivity index (χ3n) is 3.38. The van der Waals surface area contributed by atoms with Crippen LogP contribution in [0.2, 0.25) is 10.0 Å². The molecule has 0 aliphatic rings. The highest BCUT2D eigenvalue weighted by molar-refractivity contribution is 7.18. The van der Waals surface area contributed by atoms with E-state index in [1.807, 2.05) is 36.2 Å². The number of carbonyl (C=O) groups is 1. The van der Waals surface area contributed by atoms with Crippen LogP contribution in [0, 0.1) is 0 Å². The zero-order valence-electron chi connectivity index (χ0n) is 12.9. The largest absolute Gasteiger partial charge is 0.322 e. The summed E-state index contributed by atoms with van der Waals surface area (Å²) in [6.45, 7) is 0.820. The van der Waals surface area contributed by atoms with Crippen molar-refractivity contribution in [3.05, 3.63) is 57.5 Å². The van der Waals surface area contributed by atoms with Gasteiger partial charge in [0.1, 0.15) is 5.01 Å². The van der Waals surface area contributed by atoms with Gasteiger partial charge in [-0.15, -0.1) is 11.3 Å². The van der Waals surface area contributed by atoms with Crippen LogP contribution >= 0.6 is 34.5 Å². The second kappa shape index (κ2) is 7.49. The molecule has 3 rings (SSSR count). The van der Waals surface area contributed by atoms with Gasteiger partial charge in [0, 0.05) is 0 Å². The highest BCUT2D eigenvalue weighted by atomic mass is 35.5. The molecule has 1 aromatic heterocycles. The molecule has 3 aromatic rings. The molecule has 0 unspecified atom stereocenters. The Kier molecular flexibility index (Phi) is 5.36. The van der Waals surface area contributed by atoms with Crippen molar-refractivity contribution in [1.29, 1.82) is 0 Å². The van der Waals surface area contributed by atoms with Crippen LogP contribution in [0.3, 0.4) is 0 Å². The highest BCUT2D eigenvalue weighted by Crippen LogP contribution is 2.29. The lowest BCUT2D eigenvalue weighted by atomic mass is 10.3. The van der Waals surface area contributed by atoms with Crippen molar-refractivity contribution in [2.24, 2.45) is 0 Å². The number of hydrogen-bond acceptors (Lipinski definition) is 4. The number of anilines is 1. The summed E-state index contributed by atoms with van der Waals surface area (Å²) in [7, 11) is 1.87. The van der Waals surface area contributed by atoms with E-state index in [2.05, 4.69) is 10.3 Å². The van der Waals surface area contributed by atoms with Gasteiger partial charge in [0.05, 0.1) is 39.0 Å². The second-order valence-corrected chi connectivity index (χ2v) is 7.32. The molecule has 7 heteroatoms. The average Bonchev–Trinajstić information content (AvgIpc) is 2.93. The number of para-hydroxylation sites is 2. The van der Waals surface area contributed by atoms with Gasteiger partial charge in [-0.3, -0.25) is 9.69 Å². The monoisotopic (exact) mass is 379 g/mol. The number of fused-ring (bicyclic) bond motifs is 1. The van der Waals surface area contributed by atoms with E-state index in [0.717, 1.165) is 15.2 Å². The van der Waals surface area contributed by atoms with Crippen molar-refractivity contribution in [2.45, 2.75) is 6.54 Å². The van der Waals surface area contributed by atoms with Gasteiger partial charge in [0.2, 0.25) is 5.91 Å². The number of hydrogen-bond donors (Lipinski definition) is 1. The minimum Gasteiger partial charge on any atom is -0.322 e. The second-order valence-electron chi connectivity index (χ2n) is 5.39. The lowest BCUT2D eigenvalue weighted by molar-refractivity contribution is -0.117. The number of nitrogens with zero attached hydrogens (tertiary/aromatic N) is 2. The van der Waals surface area contributed by atoms with E-state index in [-0.39, 0.29) is 12.5 Å². The van der Waals surface area contributed by atoms with Gasteiger partial charge in [-0.1, -0.05) is 41.4 Å². The maximum absolute atomic E-state index is 12.2. The third-order valence-corrected chi connectivity index (χ3v) is 5.04. The first kappa shape index (κ1) is 17.2. The maximum Gasteiger partial charge on any atom is 0.238 e. The van der Waals surface area contributed by atoms with Crippen molar-refractivity contribution in [3.8, 4) is 0 Å². The molecule has 24 heavy (non-hydrogen) atoms. The minimum atomic E-state index is -0.173. The molecule has 0 atom stereocenters. The zero-order valence-corrected chi connectivity index (χ0v) is 15.3. The summed E-state index contributed by atoms with van der Waals surface area (Å²) in [5.74, 6) is -0.173. The predicted molar refractivity (Wildman–Crippen MR) is 101 cm³/mol. The van der Waals surface area contributed by atoms with Gasteiger partial charge < -0.3 is 5.32 Å². The minimum absolute atomic E-state index is 0.173. The standard InChI is InChI=1S/C17H15Cl2N3OS/c1-22(10-16-20-13-7-2-3-8-14(13)24-16)9-15(23)21-17-11(18)5-4-6-12(17)19/h2-8H,9-10H2,1H3,(H,21,23). The molecule has 0 saturated carbocycles. The van der Waals surface area contributed by atoms with E-state index in [1.165, 1.54) is 0 Å². The zero-order chi connectivity index (χ0) is 17.1. The summed E-state index contributed by atoms with van der Waals surface area (Å²) in [5.41, 5.74) is 1.43. The molecule has 124 valence electrons. The fourth-order valence-corrected chi connectivity index (χ4v) is 3.86. The number of benzene rings is 2. The molecular weight excluding hydrogens is 365 g/mol. The molecule has 0 radical (unpaired) electrons. The first-order valence-corrected chi connectivity index (χ1v) is 8.87. The fraction of sp³-hybridized carbons (Fsp3) is 0.176. The summed E-state index contributed by atoms with van der Waals surface area (Å²) in [6.07, 6.45) is 0. The number of thiazole rings is 1. The van der Waals surface area contributed by atoms with Crippen molar-refractivity contribution in [3.63, 3.8) is 0 Å². The molecule has 4 nitrogen and oxygen atoms in total. The summed E-state index contributed by atoms with van der Waals surface area (Å²) in [4.78, 5) is 18.7. The van der Waals surface area contributed by atoms with Crippen molar-refractivity contribution < 1.29 is 4.79 Å². The summed E-state index contributed by atoms with van der Waals surface area (Å²) in [5, 5.41) is 4.58. The van der Waals surface area contributed by atoms with E-state index in [1.54, 1.807) is 29.5 Å². The van der Waals surface area contributed by atoms with Gasteiger partial charge in [-0.2, -0.15) is 0 Å². The number of amides is 1. The van der Waals surface area contributed by atoms with Crippen molar-refractivity contribution in [2.75, 3.05) is 18.9 Å². The Labute approximate surface area is 154 Å². The number of aromatic nitrogens is 1. The molecule has 0 bridgehead atoms. The quantitative estimate of drug-likeness (QED) is 0.700. The lowest BCUT2D eigenvalue weighted by Crippen LogP contribution is -2.30. The van der Waals surface area contributed by atoms with E-state index in [0.29, 0.717) is 22.3 Å². The number of halogens is 2. The molecule has 0 fully saturated rings. The van der Waals surface area contributed by atoms with E-state index in [9.17, 15) is 4.79 Å². The smallest absolute Gasteiger partial charge is 0.238 e. The highest BCUT2D eigenvalue weighted by Gasteiger charge is 2.13. The molecule has 0 aliphatic heterocycles. The number of nitrogens with one attached hydrogen (secondary N) is 1. The Morgan fingerprint density at radius 1 is 1.17 bits per heavy atom. The first-order chi connectivity index (χ1) is 11.5. The van der Waals surface area contributed by atoms with Crippen LogP contribution in [0.1, 0.15) is 5.01 Å². The van der Waals surface area contributed by atoms with Crippen LogP contribution < -0.4 is 5.32 Å². The van der Waals surface area contributed by atoms with Gasteiger partial charge in [0.25, 0.3) is 0 Å². The molecule has 1 amide bonds. The molecule has 0 spiro atoms. The van der Waals surface area contributed by atoms with E-state index >= 15 is 0 Å². The third kappa shape index (κ3) is 4.05. The van der Waals surface area contributed by atoms with E-state index in [4.69, 9.17) is 23.2 Å². The molecule has 2 aromatic carbocycles. The Morgan fingerprint density at radius 2 is 1.88 bits per heavy atom. The first-order valence-electron chi connectivity index (χ1n) is 7.30. The topological polar surface area (TPSA) is 45.2 Å². The van der Waals surface area contributed by atoms with Gasteiger partial charge in [-0.05, 0) is 31.3 Å². The van der Waals surface area contributed by atoms with Crippen molar-refractivity contribution in [1.82, 2.24) is 9.88 Å². The maximum atomic E-state index is 12.2. The van der Waals surface area contributed by atoms with Crippen molar-refractivity contribution >= 4 is 56.3 Å². The number of likely N-dealkylation sites (N-methyl/N-ethyl adjacent to an activating group) is 1. The SMILES string of the molecule is CN(CC(=O)Nc1c(Cl)cccc1Cl)Cc1nc2ccccc2s1. The van der Waals surface area contributed by atoms with E-state index < -0.39 is 0 Å².